The molecule has 0 amide bonds. The van der Waals surface area contributed by atoms with E-state index in [4.69, 9.17) is 4.74 Å². The van der Waals surface area contributed by atoms with Gasteiger partial charge in [-0.1, -0.05) is 0 Å². The zero-order valence-corrected chi connectivity index (χ0v) is 17.6. The molecule has 2 aromatic heterocycles. The van der Waals surface area contributed by atoms with Crippen LogP contribution in [0.5, 0.6) is 0 Å². The summed E-state index contributed by atoms with van der Waals surface area (Å²) < 4.78 is 23.6. The molecule has 0 radical (unpaired) electrons. The third-order valence-electron chi connectivity index (χ3n) is 4.89. The van der Waals surface area contributed by atoms with Crippen LogP contribution in [0.1, 0.15) is 17.4 Å². The number of hydrogen-bond acceptors (Lipinski definition) is 4. The molecule has 1 aliphatic heterocycles. The number of imidazole rings is 1. The highest BCUT2D eigenvalue weighted by atomic mass is 35.5. The Labute approximate surface area is 175 Å². The Balaban J connectivity index is 0.00000140. The van der Waals surface area contributed by atoms with Crippen LogP contribution in [0.3, 0.4) is 0 Å². The minimum atomic E-state index is -0.298. The number of aryl methyl sites for hydroxylation is 2. The Kier molecular flexibility index (Phi) is 7.22. The molecular formula is C19H24Cl2FN5O. The predicted octanol–water partition coefficient (Wildman–Crippen LogP) is 3.49. The fourth-order valence-corrected chi connectivity index (χ4v) is 3.69. The third-order valence-corrected chi connectivity index (χ3v) is 4.89. The molecule has 6 nitrogen and oxygen atoms in total. The lowest BCUT2D eigenvalue weighted by Crippen LogP contribution is -2.24. The minimum Gasteiger partial charge on any atom is -0.378 e. The van der Waals surface area contributed by atoms with Crippen molar-refractivity contribution in [3.63, 3.8) is 0 Å². The maximum Gasteiger partial charge on any atom is 0.142 e. The number of methoxy groups -OCH3 is 1. The van der Waals surface area contributed by atoms with Crippen molar-refractivity contribution in [3.05, 3.63) is 53.9 Å². The van der Waals surface area contributed by atoms with Gasteiger partial charge in [-0.05, 0) is 38.1 Å². The minimum absolute atomic E-state index is 0. The maximum atomic E-state index is 14.1. The molecule has 0 spiro atoms. The first-order valence-electron chi connectivity index (χ1n) is 8.68. The molecule has 28 heavy (non-hydrogen) atoms. The predicted molar refractivity (Wildman–Crippen MR) is 111 cm³/mol. The number of nitrogens with zero attached hydrogens (tertiary/aromatic N) is 4. The van der Waals surface area contributed by atoms with Gasteiger partial charge in [0.15, 0.2) is 0 Å². The van der Waals surface area contributed by atoms with Gasteiger partial charge in [0, 0.05) is 43.9 Å². The molecule has 9 heteroatoms. The van der Waals surface area contributed by atoms with Gasteiger partial charge in [0.2, 0.25) is 0 Å². The van der Waals surface area contributed by atoms with Gasteiger partial charge in [0.05, 0.1) is 23.5 Å². The number of nitrogens with one attached hydrogen (secondary N) is 1. The summed E-state index contributed by atoms with van der Waals surface area (Å²) in [6, 6.07) is 6.84. The van der Waals surface area contributed by atoms with Crippen LogP contribution in [0, 0.1) is 19.7 Å². The standard InChI is InChI=1S/C19H22FN5O.2ClH/c1-12-8-13(2)25(23-12)16-5-4-14(20)9-15(16)19-22-6-7-24(19)17-10-21-11-18(17)26-3;;/h4-9,17-18,21H,10-11H2,1-3H3;2*1H/t17-,18-;;/m0../s1. The molecule has 1 aromatic carbocycles. The summed E-state index contributed by atoms with van der Waals surface area (Å²) in [5.41, 5.74) is 3.43. The van der Waals surface area contributed by atoms with Crippen molar-refractivity contribution in [1.29, 1.82) is 0 Å². The smallest absolute Gasteiger partial charge is 0.142 e. The SMILES string of the molecule is CO[C@H]1CNC[C@@H]1n1ccnc1-c1cc(F)ccc1-n1nc(C)cc1C.Cl.Cl. The molecule has 0 saturated carbocycles. The topological polar surface area (TPSA) is 56.9 Å². The summed E-state index contributed by atoms with van der Waals surface area (Å²) in [6.45, 7) is 5.50. The molecule has 1 saturated heterocycles. The highest BCUT2D eigenvalue weighted by Gasteiger charge is 2.30. The summed E-state index contributed by atoms with van der Waals surface area (Å²) in [6.07, 6.45) is 3.72. The molecule has 4 rings (SSSR count). The van der Waals surface area contributed by atoms with Crippen molar-refractivity contribution in [2.24, 2.45) is 0 Å². The molecule has 152 valence electrons. The van der Waals surface area contributed by atoms with Gasteiger partial charge in [-0.25, -0.2) is 14.1 Å². The van der Waals surface area contributed by atoms with Crippen molar-refractivity contribution in [1.82, 2.24) is 24.6 Å². The molecule has 1 aliphatic rings. The van der Waals surface area contributed by atoms with E-state index in [9.17, 15) is 4.39 Å². The molecular weight excluding hydrogens is 404 g/mol. The number of aromatic nitrogens is 4. The Morgan fingerprint density at radius 1 is 1.18 bits per heavy atom. The first-order chi connectivity index (χ1) is 12.6. The molecule has 3 heterocycles. The first kappa shape index (κ1) is 22.4. The molecule has 3 aromatic rings. The van der Waals surface area contributed by atoms with Crippen LogP contribution in [-0.4, -0.2) is 45.6 Å². The van der Waals surface area contributed by atoms with Gasteiger partial charge in [0.1, 0.15) is 11.6 Å². The molecule has 0 bridgehead atoms. The van der Waals surface area contributed by atoms with Crippen LogP contribution in [0.2, 0.25) is 0 Å². The first-order valence-corrected chi connectivity index (χ1v) is 8.68. The van der Waals surface area contributed by atoms with E-state index in [0.717, 1.165) is 30.2 Å². The molecule has 0 unspecified atom stereocenters. The lowest BCUT2D eigenvalue weighted by Gasteiger charge is -2.22. The van der Waals surface area contributed by atoms with Crippen molar-refractivity contribution in [2.45, 2.75) is 26.0 Å². The van der Waals surface area contributed by atoms with E-state index < -0.39 is 0 Å². The number of halogens is 3. The summed E-state index contributed by atoms with van der Waals surface area (Å²) in [5, 5.41) is 7.90. The van der Waals surface area contributed by atoms with E-state index >= 15 is 0 Å². The van der Waals surface area contributed by atoms with E-state index in [0.29, 0.717) is 11.4 Å². The second-order valence-corrected chi connectivity index (χ2v) is 6.66. The summed E-state index contributed by atoms with van der Waals surface area (Å²) in [5.74, 6) is 0.412. The summed E-state index contributed by atoms with van der Waals surface area (Å²) in [4.78, 5) is 4.54. The quantitative estimate of drug-likeness (QED) is 0.691. The van der Waals surface area contributed by atoms with E-state index in [1.54, 1.807) is 19.4 Å². The highest BCUT2D eigenvalue weighted by Crippen LogP contribution is 2.31. The molecule has 2 atom stereocenters. The Morgan fingerprint density at radius 2 is 1.96 bits per heavy atom. The summed E-state index contributed by atoms with van der Waals surface area (Å²) >= 11 is 0. The van der Waals surface area contributed by atoms with Gasteiger partial charge < -0.3 is 14.6 Å². The number of rotatable bonds is 4. The fourth-order valence-electron chi connectivity index (χ4n) is 3.69. The average molecular weight is 428 g/mol. The van der Waals surface area contributed by atoms with Crippen LogP contribution < -0.4 is 5.32 Å². The highest BCUT2D eigenvalue weighted by molar-refractivity contribution is 5.85. The van der Waals surface area contributed by atoms with Crippen molar-refractivity contribution in [3.8, 4) is 17.1 Å². The maximum absolute atomic E-state index is 14.1. The second kappa shape index (κ2) is 9.05. The van der Waals surface area contributed by atoms with Gasteiger partial charge >= 0.3 is 0 Å². The number of hydrogen-bond donors (Lipinski definition) is 1. The van der Waals surface area contributed by atoms with Crippen molar-refractivity contribution in [2.75, 3.05) is 20.2 Å². The second-order valence-electron chi connectivity index (χ2n) is 6.66. The van der Waals surface area contributed by atoms with Crippen LogP contribution in [-0.2, 0) is 4.74 Å². The van der Waals surface area contributed by atoms with Crippen molar-refractivity contribution < 1.29 is 9.13 Å². The molecule has 0 aliphatic carbocycles. The lowest BCUT2D eigenvalue weighted by atomic mass is 10.1. The van der Waals surface area contributed by atoms with Gasteiger partial charge in [-0.3, -0.25) is 0 Å². The van der Waals surface area contributed by atoms with Gasteiger partial charge in [-0.2, -0.15) is 5.10 Å². The van der Waals surface area contributed by atoms with E-state index in [1.165, 1.54) is 12.1 Å². The molecule has 1 N–H and O–H groups in total. The zero-order valence-electron chi connectivity index (χ0n) is 15.9. The monoisotopic (exact) mass is 427 g/mol. The molecule has 1 fully saturated rings. The Bertz CT molecular complexity index is 942. The normalized spacial score (nSPS) is 18.6. The van der Waals surface area contributed by atoms with Crippen molar-refractivity contribution >= 4 is 24.8 Å². The van der Waals surface area contributed by atoms with E-state index in [1.807, 2.05) is 30.8 Å². The zero-order chi connectivity index (χ0) is 18.3. The number of ether oxygens (including phenoxy) is 1. The van der Waals surface area contributed by atoms with Gasteiger partial charge in [-0.15, -0.1) is 24.8 Å². The van der Waals surface area contributed by atoms with Crippen LogP contribution in [0.15, 0.2) is 36.7 Å². The van der Waals surface area contributed by atoms with Crippen LogP contribution >= 0.6 is 24.8 Å². The van der Waals surface area contributed by atoms with E-state index in [-0.39, 0.29) is 42.8 Å². The average Bonchev–Trinajstić information content (AvgIpc) is 3.33. The lowest BCUT2D eigenvalue weighted by molar-refractivity contribution is 0.0871. The summed E-state index contributed by atoms with van der Waals surface area (Å²) in [7, 11) is 1.71. The number of benzene rings is 1. The third kappa shape index (κ3) is 3.93. The van der Waals surface area contributed by atoms with E-state index in [2.05, 4.69) is 20.0 Å². The van der Waals surface area contributed by atoms with Crippen LogP contribution in [0.25, 0.3) is 17.1 Å². The van der Waals surface area contributed by atoms with Crippen LogP contribution in [0.4, 0.5) is 4.39 Å². The largest absolute Gasteiger partial charge is 0.378 e. The Hall–Kier alpha value is -1.93. The Morgan fingerprint density at radius 3 is 2.64 bits per heavy atom. The van der Waals surface area contributed by atoms with Gasteiger partial charge in [0.25, 0.3) is 0 Å². The fraction of sp³-hybridized carbons (Fsp3) is 0.368.